The topological polar surface area (TPSA) is 217 Å². The fraction of sp³-hybridized carbons (Fsp3) is 0.526. The number of aromatic nitrogens is 3. The second-order valence-corrected chi connectivity index (χ2v) is 22.8. The number of aliphatic hydroxyl groups excluding tert-OH is 2. The van der Waals surface area contributed by atoms with Crippen molar-refractivity contribution in [2.75, 3.05) is 19.0 Å². The Morgan fingerprint density at radius 1 is 0.960 bits per heavy atom. The summed E-state index contributed by atoms with van der Waals surface area (Å²) in [6.45, 7) is 19.4. The van der Waals surface area contributed by atoms with Crippen LogP contribution in [0.1, 0.15) is 128 Å². The fourth-order valence-electron chi connectivity index (χ4n) is 12.7. The molecule has 3 aliphatic carbocycles. The Balaban J connectivity index is 1.06. The Labute approximate surface area is 435 Å². The van der Waals surface area contributed by atoms with Gasteiger partial charge in [-0.1, -0.05) is 29.4 Å². The number of carbonyl (C=O) groups is 3. The Morgan fingerprint density at radius 3 is 2.43 bits per heavy atom. The van der Waals surface area contributed by atoms with Gasteiger partial charge in [0.2, 0.25) is 12.2 Å². The number of anilines is 1. The number of methoxy groups -OCH3 is 1. The second kappa shape index (κ2) is 18.0. The van der Waals surface area contributed by atoms with Crippen molar-refractivity contribution in [1.82, 2.24) is 14.8 Å². The number of Topliss-reactive ketones (excluding diaryl/α,β-unsaturated/α-hetero) is 1. The third-order valence-electron chi connectivity index (χ3n) is 16.2. The summed E-state index contributed by atoms with van der Waals surface area (Å²) >= 11 is 0. The Morgan fingerprint density at radius 2 is 1.71 bits per heavy atom. The molecular weight excluding hydrogens is 965 g/mol. The molecular formula is C57H66N4O14. The summed E-state index contributed by atoms with van der Waals surface area (Å²) in [4.78, 5) is 48.2. The van der Waals surface area contributed by atoms with Crippen molar-refractivity contribution in [2.24, 2.45) is 11.8 Å². The van der Waals surface area contributed by atoms with Gasteiger partial charge in [-0.15, -0.1) is 5.10 Å². The molecule has 3 saturated heterocycles. The van der Waals surface area contributed by atoms with Crippen molar-refractivity contribution in [3.63, 3.8) is 0 Å². The zero-order chi connectivity index (χ0) is 53.3. The summed E-state index contributed by atoms with van der Waals surface area (Å²) in [6.07, 6.45) is 8.07. The predicted octanol–water partition coefficient (Wildman–Crippen LogP) is 7.68. The number of ether oxygens (including phenoxy) is 9. The lowest BCUT2D eigenvalue weighted by atomic mass is 9.47. The number of nitrogens with zero attached hydrogens (tertiary/aromatic N) is 3. The zero-order valence-corrected chi connectivity index (χ0v) is 44.3. The van der Waals surface area contributed by atoms with Crippen LogP contribution in [0.5, 0.6) is 23.0 Å². The first-order valence-corrected chi connectivity index (χ1v) is 25.8. The molecule has 2 aromatic carbocycles. The first kappa shape index (κ1) is 51.0. The molecule has 0 amide bonds. The van der Waals surface area contributed by atoms with Crippen LogP contribution in [0.4, 0.5) is 5.95 Å². The normalized spacial score (nSPS) is 32.8. The van der Waals surface area contributed by atoms with E-state index in [1.807, 2.05) is 46.8 Å². The third-order valence-corrected chi connectivity index (χ3v) is 16.2. The molecule has 12 rings (SSSR count). The standard InChI is InChI=1S/C57H66N4O14/c1-28(2)13-12-22-55(10)23-21-34-44(73-55)33(19-14-29(3)4)46-38(45(34)71-50(66)31-15-17-32(18-16-31)69-51-43(63)42(62)47-36(70-51)26-68-54(8,9)72-47)40-39-41(61-27-58-52(59-40)60-61)35-25-37-53(6,7)75-56(48(35)64,57(37,39)74-46)24-20-30(5)49(65)67-11/h13-18,20-21,23,27,35-37,41-43,47,51,62-63H,12,19,22,24-26H2,1-11H3,(H,59,60)/b30-20-/t35?,36-,37-,41?,42-,43-,47-,51-,55?,56?,57?/m1/s1. The van der Waals surface area contributed by atoms with Crippen LogP contribution in [-0.2, 0) is 39.7 Å². The molecule has 11 atom stereocenters. The smallest absolute Gasteiger partial charge is 0.343 e. The van der Waals surface area contributed by atoms with Crippen LogP contribution >= 0.6 is 0 Å². The fourth-order valence-corrected chi connectivity index (χ4v) is 12.7. The van der Waals surface area contributed by atoms with E-state index in [4.69, 9.17) is 47.7 Å². The molecule has 3 saturated carbocycles. The summed E-state index contributed by atoms with van der Waals surface area (Å²) in [5, 5.41) is 30.6. The molecule has 398 valence electrons. The summed E-state index contributed by atoms with van der Waals surface area (Å²) in [7, 11) is 1.32. The van der Waals surface area contributed by atoms with Gasteiger partial charge >= 0.3 is 11.9 Å². The molecule has 75 heavy (non-hydrogen) atoms. The van der Waals surface area contributed by atoms with Crippen LogP contribution in [0, 0.1) is 11.8 Å². The number of esters is 2. The molecule has 9 aliphatic rings. The molecule has 18 heteroatoms. The number of nitrogens with one attached hydrogen (secondary N) is 1. The molecule has 6 bridgehead atoms. The Kier molecular flexibility index (Phi) is 12.2. The van der Waals surface area contributed by atoms with E-state index in [0.29, 0.717) is 64.3 Å². The van der Waals surface area contributed by atoms with Gasteiger partial charge in [0.1, 0.15) is 53.6 Å². The van der Waals surface area contributed by atoms with E-state index in [2.05, 4.69) is 36.3 Å². The molecule has 0 radical (unpaired) electrons. The minimum atomic E-state index is -1.64. The van der Waals surface area contributed by atoms with E-state index in [-0.39, 0.29) is 41.8 Å². The highest BCUT2D eigenvalue weighted by Crippen LogP contribution is 2.73. The maximum atomic E-state index is 15.7. The van der Waals surface area contributed by atoms with E-state index in [1.165, 1.54) is 24.8 Å². The van der Waals surface area contributed by atoms with Crippen molar-refractivity contribution in [2.45, 2.75) is 166 Å². The number of aliphatic hydroxyl groups is 2. The number of rotatable bonds is 12. The van der Waals surface area contributed by atoms with Crippen molar-refractivity contribution >= 4 is 35.4 Å². The van der Waals surface area contributed by atoms with E-state index in [0.717, 1.165) is 12.0 Å². The van der Waals surface area contributed by atoms with Gasteiger partial charge in [0.25, 0.3) is 0 Å². The lowest BCUT2D eigenvalue weighted by Gasteiger charge is -2.60. The zero-order valence-electron chi connectivity index (χ0n) is 44.3. The lowest BCUT2D eigenvalue weighted by molar-refractivity contribution is -0.373. The molecule has 3 N–H and O–H groups in total. The lowest BCUT2D eigenvalue weighted by Crippen LogP contribution is -2.74. The van der Waals surface area contributed by atoms with Gasteiger partial charge < -0.3 is 58.2 Å². The van der Waals surface area contributed by atoms with Crippen molar-refractivity contribution < 1.29 is 67.2 Å². The van der Waals surface area contributed by atoms with Crippen molar-refractivity contribution in [3.8, 4) is 23.0 Å². The third kappa shape index (κ3) is 8.08. The van der Waals surface area contributed by atoms with Gasteiger partial charge in [0.05, 0.1) is 47.7 Å². The van der Waals surface area contributed by atoms with Crippen LogP contribution in [0.15, 0.2) is 77.2 Å². The van der Waals surface area contributed by atoms with Crippen molar-refractivity contribution in [3.05, 3.63) is 99.4 Å². The highest BCUT2D eigenvalue weighted by molar-refractivity contribution is 6.03. The van der Waals surface area contributed by atoms with Gasteiger partial charge in [-0.3, -0.25) is 4.79 Å². The molecule has 18 nitrogen and oxygen atoms in total. The minimum absolute atomic E-state index is 0.00398. The summed E-state index contributed by atoms with van der Waals surface area (Å²) < 4.78 is 59.6. The highest BCUT2D eigenvalue weighted by Gasteiger charge is 2.84. The van der Waals surface area contributed by atoms with Gasteiger partial charge in [0.15, 0.2) is 28.5 Å². The summed E-state index contributed by atoms with van der Waals surface area (Å²) in [5.74, 6) is -1.98. The average Bonchev–Trinajstić information content (AvgIpc) is 3.82. The SMILES string of the molecule is COC(=O)/C(C)=C\CC12OC(C)(C)[C@H]3CC(C1=O)C1C4=C(Nc5ncn1n5)c1c(OC(=O)c5ccc(O[C@@H]6O[C@@H]7COC(C)(C)O[C@H]7[C@H](O)[C@H]6O)cc5)c5c(c(CC=C(C)C)c1OC432)OC(C)(CCC=C(C)C)C=C5. The Bertz CT molecular complexity index is 3050. The first-order valence-electron chi connectivity index (χ1n) is 25.8. The van der Waals surface area contributed by atoms with Gasteiger partial charge in [-0.2, -0.15) is 0 Å². The van der Waals surface area contributed by atoms with E-state index in [9.17, 15) is 19.8 Å². The largest absolute Gasteiger partial charge is 0.482 e. The second-order valence-electron chi connectivity index (χ2n) is 22.8. The number of ketones is 1. The maximum Gasteiger partial charge on any atom is 0.343 e. The van der Waals surface area contributed by atoms with E-state index >= 15 is 4.79 Å². The van der Waals surface area contributed by atoms with Gasteiger partial charge in [-0.05, 0) is 131 Å². The maximum absolute atomic E-state index is 15.7. The number of fused-ring (bicyclic) bond motifs is 6. The number of carbonyl (C=O) groups excluding carboxylic acids is 3. The monoisotopic (exact) mass is 1030 g/mol. The van der Waals surface area contributed by atoms with E-state index < -0.39 is 88.7 Å². The van der Waals surface area contributed by atoms with E-state index in [1.54, 1.807) is 50.0 Å². The first-order chi connectivity index (χ1) is 35.5. The predicted molar refractivity (Wildman–Crippen MR) is 272 cm³/mol. The number of benzene rings is 2. The molecule has 6 aliphatic heterocycles. The van der Waals surface area contributed by atoms with Crippen LogP contribution in [0.3, 0.4) is 0 Å². The number of allylic oxidation sites excluding steroid dienone is 4. The molecule has 1 spiro atoms. The highest BCUT2D eigenvalue weighted by atomic mass is 16.8. The van der Waals surface area contributed by atoms with Crippen LogP contribution in [-0.4, -0.2) is 115 Å². The Hall–Kier alpha value is -6.15. The minimum Gasteiger partial charge on any atom is -0.482 e. The van der Waals surface area contributed by atoms with Gasteiger partial charge in [-0.25, -0.2) is 19.3 Å². The van der Waals surface area contributed by atoms with Crippen LogP contribution in [0.2, 0.25) is 0 Å². The van der Waals surface area contributed by atoms with Gasteiger partial charge in [0, 0.05) is 35.0 Å². The van der Waals surface area contributed by atoms with Crippen LogP contribution < -0.4 is 24.3 Å². The molecule has 7 heterocycles. The summed E-state index contributed by atoms with van der Waals surface area (Å²) in [6, 6.07) is 5.50. The van der Waals surface area contributed by atoms with Crippen molar-refractivity contribution in [1.29, 1.82) is 0 Å². The average molecular weight is 1030 g/mol. The number of hydrogen-bond acceptors (Lipinski definition) is 17. The number of hydrogen-bond donors (Lipinski definition) is 3. The van der Waals surface area contributed by atoms with Crippen LogP contribution in [0.25, 0.3) is 11.8 Å². The molecule has 3 aromatic rings. The molecule has 5 unspecified atom stereocenters. The molecule has 1 aromatic heterocycles. The molecule has 6 fully saturated rings. The quantitative estimate of drug-likeness (QED) is 0.0686. The summed E-state index contributed by atoms with van der Waals surface area (Å²) in [5.41, 5.74) is 0.667.